The Morgan fingerprint density at radius 2 is 1.88 bits per heavy atom. The van der Waals surface area contributed by atoms with Gasteiger partial charge in [0, 0.05) is 13.3 Å². The van der Waals surface area contributed by atoms with E-state index in [0.29, 0.717) is 10.7 Å². The number of hydrogen-bond donors (Lipinski definition) is 2. The number of imidazole rings is 1. The van der Waals surface area contributed by atoms with Gasteiger partial charge in [0.2, 0.25) is 0 Å². The molecule has 0 spiro atoms. The van der Waals surface area contributed by atoms with Crippen molar-refractivity contribution in [2.24, 2.45) is 0 Å². The van der Waals surface area contributed by atoms with Crippen LogP contribution >= 0.6 is 12.6 Å². The van der Waals surface area contributed by atoms with Crippen molar-refractivity contribution in [3.63, 3.8) is 0 Å². The second-order valence-corrected chi connectivity index (χ2v) is 4.88. The monoisotopic (exact) mass is 254 g/mol. The number of ketones is 1. The van der Waals surface area contributed by atoms with E-state index in [1.807, 2.05) is 0 Å². The van der Waals surface area contributed by atoms with Crippen LogP contribution in [0.3, 0.4) is 0 Å². The second kappa shape index (κ2) is 7.54. The van der Waals surface area contributed by atoms with E-state index in [1.54, 1.807) is 0 Å². The molecule has 0 fully saturated rings. The summed E-state index contributed by atoms with van der Waals surface area (Å²) in [6.07, 6.45) is 8.50. The van der Waals surface area contributed by atoms with Gasteiger partial charge < -0.3 is 4.98 Å². The lowest BCUT2D eigenvalue weighted by Gasteiger charge is -1.98. The van der Waals surface area contributed by atoms with Crippen LogP contribution in [-0.4, -0.2) is 15.8 Å². The van der Waals surface area contributed by atoms with Gasteiger partial charge in [0.05, 0.1) is 0 Å². The Hall–Kier alpha value is -0.770. The Kier molecular flexibility index (Phi) is 6.34. The van der Waals surface area contributed by atoms with Gasteiger partial charge in [-0.25, -0.2) is 4.98 Å². The molecule has 96 valence electrons. The number of aromatic nitrogens is 2. The predicted octanol–water partition coefficient (Wildman–Crippen LogP) is 3.80. The van der Waals surface area contributed by atoms with Gasteiger partial charge in [0.15, 0.2) is 5.78 Å². The first kappa shape index (κ1) is 14.3. The summed E-state index contributed by atoms with van der Waals surface area (Å²) >= 11 is 4.19. The normalized spacial score (nSPS) is 10.8. The molecule has 1 aromatic rings. The summed E-state index contributed by atoms with van der Waals surface area (Å²) in [5.74, 6) is 0.882. The number of unbranched alkanes of at least 4 members (excludes halogenated alkanes) is 5. The molecule has 3 nitrogen and oxygen atoms in total. The van der Waals surface area contributed by atoms with E-state index in [9.17, 15) is 4.79 Å². The zero-order valence-corrected chi connectivity index (χ0v) is 11.6. The number of nitrogens with one attached hydrogen (secondary N) is 1. The number of hydrogen-bond acceptors (Lipinski definition) is 3. The van der Waals surface area contributed by atoms with Crippen LogP contribution in [0.1, 0.15) is 68.7 Å². The Balaban J connectivity index is 2.27. The minimum Gasteiger partial charge on any atom is -0.339 e. The number of carbonyl (C=O) groups excluding carboxylic acids is 1. The lowest BCUT2D eigenvalue weighted by Crippen LogP contribution is -1.94. The van der Waals surface area contributed by atoms with E-state index in [-0.39, 0.29) is 5.78 Å². The minimum absolute atomic E-state index is 0.00306. The quantitative estimate of drug-likeness (QED) is 0.421. The molecule has 0 radical (unpaired) electrons. The number of rotatable bonds is 8. The molecule has 0 atom stereocenters. The Labute approximate surface area is 109 Å². The fourth-order valence-electron chi connectivity index (χ4n) is 1.85. The van der Waals surface area contributed by atoms with Crippen LogP contribution in [0.5, 0.6) is 0 Å². The van der Waals surface area contributed by atoms with E-state index in [0.717, 1.165) is 18.7 Å². The lowest BCUT2D eigenvalue weighted by molar-refractivity contribution is 0.101. The molecule has 0 aliphatic carbocycles. The molecule has 0 unspecified atom stereocenters. The van der Waals surface area contributed by atoms with Gasteiger partial charge in [0.1, 0.15) is 16.5 Å². The summed E-state index contributed by atoms with van der Waals surface area (Å²) < 4.78 is 0. The first-order chi connectivity index (χ1) is 8.15. The largest absolute Gasteiger partial charge is 0.339 e. The molecule has 0 bridgehead atoms. The molecule has 0 aromatic carbocycles. The van der Waals surface area contributed by atoms with Gasteiger partial charge in [-0.3, -0.25) is 4.79 Å². The van der Waals surface area contributed by atoms with Crippen molar-refractivity contribution in [2.45, 2.75) is 63.8 Å². The number of aryl methyl sites for hydroxylation is 1. The molecule has 4 heteroatoms. The number of thiol groups is 1. The van der Waals surface area contributed by atoms with E-state index in [1.165, 1.54) is 39.0 Å². The Morgan fingerprint density at radius 1 is 1.24 bits per heavy atom. The lowest BCUT2D eigenvalue weighted by atomic mass is 10.1. The molecule has 1 aromatic heterocycles. The Morgan fingerprint density at radius 3 is 2.47 bits per heavy atom. The second-order valence-electron chi connectivity index (χ2n) is 4.46. The summed E-state index contributed by atoms with van der Waals surface area (Å²) in [5.41, 5.74) is 0.536. The highest BCUT2D eigenvalue weighted by atomic mass is 32.1. The summed E-state index contributed by atoms with van der Waals surface area (Å²) in [4.78, 5) is 18.5. The van der Waals surface area contributed by atoms with Crippen molar-refractivity contribution >= 4 is 18.4 Å². The molecule has 0 saturated carbocycles. The number of H-pyrrole nitrogens is 1. The van der Waals surface area contributed by atoms with E-state index in [2.05, 4.69) is 29.5 Å². The third kappa shape index (κ3) is 4.94. The van der Waals surface area contributed by atoms with Crippen LogP contribution in [0.2, 0.25) is 0 Å². The van der Waals surface area contributed by atoms with Gasteiger partial charge in [-0.05, 0) is 6.42 Å². The summed E-state index contributed by atoms with van der Waals surface area (Å²) in [5, 5.41) is 0.526. The van der Waals surface area contributed by atoms with Crippen molar-refractivity contribution in [1.29, 1.82) is 0 Å². The van der Waals surface area contributed by atoms with Gasteiger partial charge in [-0.15, -0.1) is 12.6 Å². The molecule has 0 saturated heterocycles. The van der Waals surface area contributed by atoms with E-state index in [4.69, 9.17) is 0 Å². The number of aromatic amines is 1. The van der Waals surface area contributed by atoms with Gasteiger partial charge in [0.25, 0.3) is 0 Å². The molecule has 0 aliphatic rings. The maximum Gasteiger partial charge on any atom is 0.178 e. The molecule has 1 N–H and O–H groups in total. The summed E-state index contributed by atoms with van der Waals surface area (Å²) in [6, 6.07) is 0. The fraction of sp³-hybridized carbons (Fsp3) is 0.692. The van der Waals surface area contributed by atoms with E-state index < -0.39 is 0 Å². The topological polar surface area (TPSA) is 45.8 Å². The van der Waals surface area contributed by atoms with Crippen LogP contribution in [-0.2, 0) is 6.42 Å². The van der Waals surface area contributed by atoms with E-state index >= 15 is 0 Å². The third-order valence-electron chi connectivity index (χ3n) is 2.85. The van der Waals surface area contributed by atoms with Crippen LogP contribution in [0.15, 0.2) is 5.03 Å². The third-order valence-corrected chi connectivity index (χ3v) is 3.18. The summed E-state index contributed by atoms with van der Waals surface area (Å²) in [7, 11) is 0. The van der Waals surface area contributed by atoms with Gasteiger partial charge in [-0.1, -0.05) is 39.0 Å². The molecular weight excluding hydrogens is 232 g/mol. The average Bonchev–Trinajstić information content (AvgIpc) is 2.65. The highest BCUT2D eigenvalue weighted by Crippen LogP contribution is 2.14. The fourth-order valence-corrected chi connectivity index (χ4v) is 2.18. The van der Waals surface area contributed by atoms with Crippen molar-refractivity contribution in [1.82, 2.24) is 9.97 Å². The molecule has 0 aliphatic heterocycles. The maximum absolute atomic E-state index is 11.2. The van der Waals surface area contributed by atoms with Crippen LogP contribution in [0, 0.1) is 0 Å². The van der Waals surface area contributed by atoms with Crippen molar-refractivity contribution in [3.05, 3.63) is 11.5 Å². The molecule has 17 heavy (non-hydrogen) atoms. The first-order valence-corrected chi connectivity index (χ1v) is 6.88. The number of Topliss-reactive ketones (excluding diaryl/α,β-unsaturated/α-hetero) is 1. The van der Waals surface area contributed by atoms with Gasteiger partial charge >= 0.3 is 0 Å². The highest BCUT2D eigenvalue weighted by Gasteiger charge is 2.10. The predicted molar refractivity (Wildman–Crippen MR) is 72.9 cm³/mol. The SMILES string of the molecule is CCCCCCCCc1nc(S)c(C(C)=O)[nH]1. The van der Waals surface area contributed by atoms with Crippen LogP contribution in [0.4, 0.5) is 0 Å². The van der Waals surface area contributed by atoms with Gasteiger partial charge in [-0.2, -0.15) is 0 Å². The number of nitrogens with zero attached hydrogens (tertiary/aromatic N) is 1. The number of carbonyl (C=O) groups is 1. The molecule has 1 rings (SSSR count). The Bertz CT molecular complexity index is 360. The average molecular weight is 254 g/mol. The zero-order chi connectivity index (χ0) is 12.7. The molecule has 1 heterocycles. The maximum atomic E-state index is 11.2. The first-order valence-electron chi connectivity index (χ1n) is 6.44. The molecule has 0 amide bonds. The van der Waals surface area contributed by atoms with Crippen molar-refractivity contribution < 1.29 is 4.79 Å². The molecular formula is C13H22N2OS. The van der Waals surface area contributed by atoms with Crippen LogP contribution < -0.4 is 0 Å². The summed E-state index contributed by atoms with van der Waals surface area (Å²) in [6.45, 7) is 3.75. The standard InChI is InChI=1S/C13H22N2OS/c1-3-4-5-6-7-8-9-11-14-12(10(2)16)13(17)15-11/h17H,3-9H2,1-2H3,(H,14,15). The van der Waals surface area contributed by atoms with Crippen molar-refractivity contribution in [3.8, 4) is 0 Å². The smallest absolute Gasteiger partial charge is 0.178 e. The van der Waals surface area contributed by atoms with Crippen LogP contribution in [0.25, 0.3) is 0 Å². The van der Waals surface area contributed by atoms with Crippen molar-refractivity contribution in [2.75, 3.05) is 0 Å². The minimum atomic E-state index is -0.00306. The zero-order valence-electron chi connectivity index (χ0n) is 10.8. The highest BCUT2D eigenvalue weighted by molar-refractivity contribution is 7.80.